The Morgan fingerprint density at radius 3 is 2.50 bits per heavy atom. The standard InChI is InChI=1S/C17H17ClFNO3S/c18-14-8-9-16(15(19)11-14)20-17(21)12-24(22,23)10-4-7-13-5-2-1-3-6-13/h1-3,5-6,8-9,11H,4,7,10,12H2,(H,20,21). The molecule has 0 fully saturated rings. The Kier molecular flexibility index (Phi) is 6.34. The molecule has 2 aromatic carbocycles. The van der Waals surface area contributed by atoms with Gasteiger partial charge in [-0.25, -0.2) is 12.8 Å². The van der Waals surface area contributed by atoms with Gasteiger partial charge in [0.1, 0.15) is 11.6 Å². The van der Waals surface area contributed by atoms with E-state index in [2.05, 4.69) is 5.32 Å². The Hall–Kier alpha value is -1.92. The summed E-state index contributed by atoms with van der Waals surface area (Å²) in [7, 11) is -3.55. The molecule has 0 unspecified atom stereocenters. The van der Waals surface area contributed by atoms with E-state index in [0.717, 1.165) is 11.6 Å². The number of anilines is 1. The third-order valence-corrected chi connectivity index (χ3v) is 5.17. The predicted molar refractivity (Wildman–Crippen MR) is 93.5 cm³/mol. The Balaban J connectivity index is 1.85. The predicted octanol–water partition coefficient (Wildman–Crippen LogP) is 3.47. The summed E-state index contributed by atoms with van der Waals surface area (Å²) in [6.07, 6.45) is 1.04. The number of halogens is 2. The molecule has 0 radical (unpaired) electrons. The second-order valence-corrected chi connectivity index (χ2v) is 7.97. The summed E-state index contributed by atoms with van der Waals surface area (Å²) in [5.41, 5.74) is 0.948. The number of nitrogens with one attached hydrogen (secondary N) is 1. The first kappa shape index (κ1) is 18.4. The van der Waals surface area contributed by atoms with Crippen molar-refractivity contribution in [2.45, 2.75) is 12.8 Å². The number of carbonyl (C=O) groups excluding carboxylic acids is 1. The van der Waals surface area contributed by atoms with Gasteiger partial charge in [-0.2, -0.15) is 0 Å². The molecule has 0 spiro atoms. The minimum absolute atomic E-state index is 0.0936. The summed E-state index contributed by atoms with van der Waals surface area (Å²) < 4.78 is 37.6. The minimum Gasteiger partial charge on any atom is -0.323 e. The van der Waals surface area contributed by atoms with Crippen LogP contribution in [0.25, 0.3) is 0 Å². The number of sulfone groups is 1. The molecule has 2 rings (SSSR count). The average Bonchev–Trinajstić information content (AvgIpc) is 2.50. The maximum Gasteiger partial charge on any atom is 0.239 e. The Bertz CT molecular complexity index is 810. The van der Waals surface area contributed by atoms with E-state index in [0.29, 0.717) is 12.8 Å². The summed E-state index contributed by atoms with van der Waals surface area (Å²) >= 11 is 5.62. The molecule has 0 bridgehead atoms. The lowest BCUT2D eigenvalue weighted by Crippen LogP contribution is -2.25. The summed E-state index contributed by atoms with van der Waals surface area (Å²) in [5, 5.41) is 2.44. The molecule has 24 heavy (non-hydrogen) atoms. The largest absolute Gasteiger partial charge is 0.323 e. The molecular formula is C17H17ClFNO3S. The highest BCUT2D eigenvalue weighted by molar-refractivity contribution is 7.92. The molecule has 0 aromatic heterocycles. The highest BCUT2D eigenvalue weighted by atomic mass is 35.5. The number of rotatable bonds is 7. The van der Waals surface area contributed by atoms with Gasteiger partial charge in [-0.3, -0.25) is 4.79 Å². The molecule has 1 N–H and O–H groups in total. The van der Waals surface area contributed by atoms with Crippen molar-refractivity contribution in [1.82, 2.24) is 0 Å². The van der Waals surface area contributed by atoms with E-state index in [1.165, 1.54) is 12.1 Å². The van der Waals surface area contributed by atoms with Crippen molar-refractivity contribution in [3.63, 3.8) is 0 Å². The molecule has 4 nitrogen and oxygen atoms in total. The lowest BCUT2D eigenvalue weighted by molar-refractivity contribution is -0.113. The Labute approximate surface area is 145 Å². The zero-order valence-electron chi connectivity index (χ0n) is 12.8. The van der Waals surface area contributed by atoms with Crippen molar-refractivity contribution in [2.24, 2.45) is 0 Å². The molecule has 0 saturated carbocycles. The van der Waals surface area contributed by atoms with E-state index in [9.17, 15) is 17.6 Å². The first-order chi connectivity index (χ1) is 11.4. The van der Waals surface area contributed by atoms with Crippen LogP contribution < -0.4 is 5.32 Å². The maximum atomic E-state index is 13.6. The fraction of sp³-hybridized carbons (Fsp3) is 0.235. The summed E-state index contributed by atoms with van der Waals surface area (Å²) in [5.74, 6) is -2.25. The van der Waals surface area contributed by atoms with E-state index < -0.39 is 27.3 Å². The lowest BCUT2D eigenvalue weighted by Gasteiger charge is -2.08. The van der Waals surface area contributed by atoms with Crippen LogP contribution in [0, 0.1) is 5.82 Å². The zero-order chi connectivity index (χ0) is 17.6. The number of benzene rings is 2. The van der Waals surface area contributed by atoms with Crippen molar-refractivity contribution in [3.8, 4) is 0 Å². The first-order valence-electron chi connectivity index (χ1n) is 7.35. The van der Waals surface area contributed by atoms with Gasteiger partial charge in [-0.15, -0.1) is 0 Å². The van der Waals surface area contributed by atoms with E-state index >= 15 is 0 Å². The van der Waals surface area contributed by atoms with Gasteiger partial charge in [0.2, 0.25) is 5.91 Å². The summed E-state index contributed by atoms with van der Waals surface area (Å²) in [4.78, 5) is 11.8. The van der Waals surface area contributed by atoms with Gasteiger partial charge in [0.25, 0.3) is 0 Å². The lowest BCUT2D eigenvalue weighted by atomic mass is 10.1. The Morgan fingerprint density at radius 1 is 1.12 bits per heavy atom. The second kappa shape index (κ2) is 8.26. The van der Waals surface area contributed by atoms with Gasteiger partial charge in [0.05, 0.1) is 11.4 Å². The van der Waals surface area contributed by atoms with Crippen LogP contribution in [0.5, 0.6) is 0 Å². The molecule has 0 atom stereocenters. The molecule has 0 heterocycles. The normalized spacial score (nSPS) is 11.2. The van der Waals surface area contributed by atoms with Crippen LogP contribution >= 0.6 is 11.6 Å². The zero-order valence-corrected chi connectivity index (χ0v) is 14.4. The molecule has 0 aliphatic rings. The third kappa shape index (κ3) is 5.94. The van der Waals surface area contributed by atoms with Gasteiger partial charge in [-0.1, -0.05) is 41.9 Å². The second-order valence-electron chi connectivity index (χ2n) is 5.35. The third-order valence-electron chi connectivity index (χ3n) is 3.32. The summed E-state index contributed by atoms with van der Waals surface area (Å²) in [6.45, 7) is 0. The van der Waals surface area contributed by atoms with Crippen LogP contribution in [0.2, 0.25) is 5.02 Å². The molecule has 0 saturated heterocycles. The maximum absolute atomic E-state index is 13.6. The monoisotopic (exact) mass is 369 g/mol. The van der Waals surface area contributed by atoms with Crippen molar-refractivity contribution >= 4 is 33.0 Å². The fourth-order valence-corrected chi connectivity index (χ4v) is 3.55. The van der Waals surface area contributed by atoms with Gasteiger partial charge in [0, 0.05) is 5.02 Å². The van der Waals surface area contributed by atoms with E-state index in [-0.39, 0.29) is 16.5 Å². The van der Waals surface area contributed by atoms with Crippen molar-refractivity contribution in [3.05, 3.63) is 64.9 Å². The van der Waals surface area contributed by atoms with Crippen LogP contribution in [0.3, 0.4) is 0 Å². The quantitative estimate of drug-likeness (QED) is 0.812. The minimum atomic E-state index is -3.55. The van der Waals surface area contributed by atoms with Gasteiger partial charge in [0.15, 0.2) is 9.84 Å². The number of carbonyl (C=O) groups is 1. The Morgan fingerprint density at radius 2 is 1.83 bits per heavy atom. The molecule has 128 valence electrons. The highest BCUT2D eigenvalue weighted by Gasteiger charge is 2.17. The van der Waals surface area contributed by atoms with E-state index in [4.69, 9.17) is 11.6 Å². The smallest absolute Gasteiger partial charge is 0.239 e. The van der Waals surface area contributed by atoms with Crippen LogP contribution in [0.4, 0.5) is 10.1 Å². The fourth-order valence-electron chi connectivity index (χ4n) is 2.19. The van der Waals surface area contributed by atoms with Crippen molar-refractivity contribution in [2.75, 3.05) is 16.8 Å². The van der Waals surface area contributed by atoms with Crippen LogP contribution in [0.1, 0.15) is 12.0 Å². The SMILES string of the molecule is O=C(CS(=O)(=O)CCCc1ccccc1)Nc1ccc(Cl)cc1F. The van der Waals surface area contributed by atoms with Crippen molar-refractivity contribution in [1.29, 1.82) is 0 Å². The van der Waals surface area contributed by atoms with Gasteiger partial charge >= 0.3 is 0 Å². The summed E-state index contributed by atoms with van der Waals surface area (Å²) in [6, 6.07) is 13.2. The first-order valence-corrected chi connectivity index (χ1v) is 9.55. The van der Waals surface area contributed by atoms with Crippen LogP contribution in [-0.2, 0) is 21.1 Å². The van der Waals surface area contributed by atoms with E-state index in [1.807, 2.05) is 30.3 Å². The van der Waals surface area contributed by atoms with Crippen LogP contribution in [-0.4, -0.2) is 25.8 Å². The highest BCUT2D eigenvalue weighted by Crippen LogP contribution is 2.18. The van der Waals surface area contributed by atoms with Gasteiger partial charge in [-0.05, 0) is 36.6 Å². The molecule has 2 aromatic rings. The number of amides is 1. The molecule has 1 amide bonds. The molecule has 0 aliphatic carbocycles. The van der Waals surface area contributed by atoms with Crippen molar-refractivity contribution < 1.29 is 17.6 Å². The molecular weight excluding hydrogens is 353 g/mol. The molecule has 7 heteroatoms. The van der Waals surface area contributed by atoms with E-state index in [1.54, 1.807) is 0 Å². The number of hydrogen-bond acceptors (Lipinski definition) is 3. The number of hydrogen-bond donors (Lipinski definition) is 1. The number of aryl methyl sites for hydroxylation is 1. The average molecular weight is 370 g/mol. The van der Waals surface area contributed by atoms with Crippen LogP contribution in [0.15, 0.2) is 48.5 Å². The molecule has 0 aliphatic heterocycles. The topological polar surface area (TPSA) is 63.2 Å². The van der Waals surface area contributed by atoms with Gasteiger partial charge < -0.3 is 5.32 Å².